The molecule has 2 amide bonds. The molecule has 0 bridgehead atoms. The first-order valence-electron chi connectivity index (χ1n) is 8.49. The van der Waals surface area contributed by atoms with Crippen molar-refractivity contribution >= 4 is 6.03 Å². The summed E-state index contributed by atoms with van der Waals surface area (Å²) in [6.07, 6.45) is 13.9. The van der Waals surface area contributed by atoms with Gasteiger partial charge in [-0.2, -0.15) is 0 Å². The molecule has 0 heterocycles. The van der Waals surface area contributed by atoms with Crippen molar-refractivity contribution in [2.75, 3.05) is 0 Å². The normalized spacial score (nSPS) is 19.4. The van der Waals surface area contributed by atoms with Crippen LogP contribution in [0.2, 0.25) is 0 Å². The van der Waals surface area contributed by atoms with Gasteiger partial charge in [-0.15, -0.1) is 0 Å². The van der Waals surface area contributed by atoms with Gasteiger partial charge in [0.05, 0.1) is 6.17 Å². The van der Waals surface area contributed by atoms with Crippen molar-refractivity contribution in [3.63, 3.8) is 0 Å². The second kappa shape index (κ2) is 13.8. The average molecular weight is 316 g/mol. The van der Waals surface area contributed by atoms with Crippen LogP contribution in [-0.4, -0.2) is 12.2 Å². The summed E-state index contributed by atoms with van der Waals surface area (Å²) in [5, 5.41) is 0. The van der Waals surface area contributed by atoms with Crippen molar-refractivity contribution in [1.82, 2.24) is 10.9 Å². The van der Waals surface area contributed by atoms with Gasteiger partial charge in [-0.25, -0.2) is 16.5 Å². The van der Waals surface area contributed by atoms with Crippen molar-refractivity contribution in [3.8, 4) is 0 Å². The molecule has 2 fully saturated rings. The van der Waals surface area contributed by atoms with Gasteiger partial charge in [-0.3, -0.25) is 10.9 Å². The molecule has 0 aliphatic heterocycles. The summed E-state index contributed by atoms with van der Waals surface area (Å²) in [6, 6.07) is -0.602. The largest absolute Gasteiger partial charge is 0.343 e. The minimum absolute atomic E-state index is 0.0645. The quantitative estimate of drug-likeness (QED) is 0.187. The van der Waals surface area contributed by atoms with E-state index in [-0.39, 0.29) is 6.17 Å². The Morgan fingerprint density at radius 1 is 0.864 bits per heavy atom. The number of nitrogens with one attached hydrogen (secondary N) is 2. The number of hydrogen-bond donors (Lipinski definition) is 6. The van der Waals surface area contributed by atoms with Crippen LogP contribution in [0.3, 0.4) is 0 Å². The van der Waals surface area contributed by atoms with Crippen LogP contribution in [0.15, 0.2) is 0 Å². The number of carbonyl (C=O) groups is 1. The van der Waals surface area contributed by atoms with Crippen molar-refractivity contribution in [2.45, 2.75) is 77.3 Å². The molecular weight excluding hydrogens is 280 g/mol. The van der Waals surface area contributed by atoms with E-state index < -0.39 is 6.03 Å². The SMILES string of the molecule is CC1CCCCC1.NC(N)C1CCCCC1.NNC(=O)NN. The molecule has 0 aromatic carbocycles. The summed E-state index contributed by atoms with van der Waals surface area (Å²) in [5.41, 5.74) is 14.6. The Labute approximate surface area is 134 Å². The van der Waals surface area contributed by atoms with Crippen molar-refractivity contribution in [1.29, 1.82) is 0 Å². The fourth-order valence-electron chi connectivity index (χ4n) is 2.87. The van der Waals surface area contributed by atoms with Gasteiger partial charge in [-0.1, -0.05) is 58.3 Å². The molecule has 22 heavy (non-hydrogen) atoms. The molecule has 2 aliphatic carbocycles. The van der Waals surface area contributed by atoms with E-state index in [2.05, 4.69) is 18.6 Å². The van der Waals surface area contributed by atoms with Crippen LogP contribution in [0.4, 0.5) is 4.79 Å². The lowest BCUT2D eigenvalue weighted by atomic mass is 9.87. The Morgan fingerprint density at radius 2 is 1.27 bits per heavy atom. The molecule has 7 heteroatoms. The Kier molecular flexibility index (Phi) is 13.2. The minimum atomic E-state index is -0.602. The molecular formula is C15H36N6O. The summed E-state index contributed by atoms with van der Waals surface area (Å²) < 4.78 is 0. The van der Waals surface area contributed by atoms with Gasteiger partial charge in [-0.05, 0) is 24.7 Å². The summed E-state index contributed by atoms with van der Waals surface area (Å²) >= 11 is 0. The topological polar surface area (TPSA) is 145 Å². The lowest BCUT2D eigenvalue weighted by Crippen LogP contribution is -2.43. The monoisotopic (exact) mass is 316 g/mol. The van der Waals surface area contributed by atoms with Crippen LogP contribution in [0.25, 0.3) is 0 Å². The summed E-state index contributed by atoms with van der Waals surface area (Å²) in [7, 11) is 0. The van der Waals surface area contributed by atoms with E-state index in [1.807, 2.05) is 0 Å². The highest BCUT2D eigenvalue weighted by atomic mass is 16.2. The highest BCUT2D eigenvalue weighted by molar-refractivity contribution is 5.72. The van der Waals surface area contributed by atoms with Crippen molar-refractivity contribution in [2.24, 2.45) is 35.0 Å². The molecule has 2 aliphatic rings. The van der Waals surface area contributed by atoms with Gasteiger partial charge in [0, 0.05) is 0 Å². The first kappa shape index (κ1) is 21.1. The molecule has 0 unspecified atom stereocenters. The van der Waals surface area contributed by atoms with Crippen LogP contribution >= 0.6 is 0 Å². The standard InChI is InChI=1S/C7H16N2.C7H14.CH6N4O/c8-7(9)6-4-2-1-3-5-6;1-7-5-3-2-4-6-7;2-4-1(6)5-3/h6-7H,1-5,8-9H2;7H,2-6H2,1H3;2-3H2,(H2,4,5,6). The third-order valence-corrected chi connectivity index (χ3v) is 4.35. The van der Waals surface area contributed by atoms with Crippen molar-refractivity contribution < 1.29 is 4.79 Å². The molecule has 2 rings (SSSR count). The maximum Gasteiger partial charge on any atom is 0.343 e. The van der Waals surface area contributed by atoms with Gasteiger partial charge in [0.2, 0.25) is 0 Å². The zero-order chi connectivity index (χ0) is 16.8. The van der Waals surface area contributed by atoms with Gasteiger partial charge in [0.25, 0.3) is 0 Å². The lowest BCUT2D eigenvalue weighted by molar-refractivity contribution is 0.241. The Hall–Kier alpha value is -0.890. The highest BCUT2D eigenvalue weighted by Crippen LogP contribution is 2.23. The van der Waals surface area contributed by atoms with Gasteiger partial charge in [0.15, 0.2) is 0 Å². The van der Waals surface area contributed by atoms with Crippen LogP contribution < -0.4 is 34.0 Å². The maximum atomic E-state index is 9.71. The van der Waals surface area contributed by atoms with Crippen LogP contribution in [0.1, 0.15) is 71.1 Å². The molecule has 7 nitrogen and oxygen atoms in total. The Morgan fingerprint density at radius 3 is 1.45 bits per heavy atom. The Balaban J connectivity index is 0.000000309. The first-order chi connectivity index (χ1) is 10.5. The fraction of sp³-hybridized carbons (Fsp3) is 0.933. The molecule has 2 saturated carbocycles. The van der Waals surface area contributed by atoms with E-state index in [0.29, 0.717) is 5.92 Å². The third kappa shape index (κ3) is 11.7. The predicted octanol–water partition coefficient (Wildman–Crippen LogP) is 1.43. The highest BCUT2D eigenvalue weighted by Gasteiger charge is 2.16. The molecule has 0 atom stereocenters. The Bertz CT molecular complexity index is 257. The average Bonchev–Trinajstić information content (AvgIpc) is 2.56. The van der Waals surface area contributed by atoms with E-state index >= 15 is 0 Å². The number of urea groups is 1. The molecule has 132 valence electrons. The minimum Gasteiger partial charge on any atom is -0.316 e. The van der Waals surface area contributed by atoms with Crippen LogP contribution in [0, 0.1) is 11.8 Å². The van der Waals surface area contributed by atoms with Gasteiger partial charge >= 0.3 is 6.03 Å². The fourth-order valence-corrected chi connectivity index (χ4v) is 2.87. The van der Waals surface area contributed by atoms with Crippen LogP contribution in [-0.2, 0) is 0 Å². The molecule has 0 aromatic heterocycles. The van der Waals surface area contributed by atoms with Gasteiger partial charge < -0.3 is 11.5 Å². The molecule has 0 saturated heterocycles. The summed E-state index contributed by atoms with van der Waals surface area (Å²) in [5.74, 6) is 10.7. The zero-order valence-electron chi connectivity index (χ0n) is 14.0. The summed E-state index contributed by atoms with van der Waals surface area (Å²) in [4.78, 5) is 9.71. The van der Waals surface area contributed by atoms with E-state index in [1.54, 1.807) is 10.9 Å². The second-order valence-electron chi connectivity index (χ2n) is 6.34. The predicted molar refractivity (Wildman–Crippen MR) is 91.0 cm³/mol. The second-order valence-corrected chi connectivity index (χ2v) is 6.34. The van der Waals surface area contributed by atoms with Gasteiger partial charge in [0.1, 0.15) is 0 Å². The lowest BCUT2D eigenvalue weighted by Gasteiger charge is -2.24. The van der Waals surface area contributed by atoms with E-state index in [1.165, 1.54) is 64.2 Å². The third-order valence-electron chi connectivity index (χ3n) is 4.35. The number of hydrazine groups is 2. The van der Waals surface area contributed by atoms with Crippen molar-refractivity contribution in [3.05, 3.63) is 0 Å². The van der Waals surface area contributed by atoms with E-state index in [9.17, 15) is 4.79 Å². The number of hydrogen-bond acceptors (Lipinski definition) is 5. The maximum absolute atomic E-state index is 9.71. The smallest absolute Gasteiger partial charge is 0.316 e. The molecule has 0 aromatic rings. The number of rotatable bonds is 1. The molecule has 0 spiro atoms. The number of carbonyl (C=O) groups excluding carboxylic acids is 1. The van der Waals surface area contributed by atoms with Crippen LogP contribution in [0.5, 0.6) is 0 Å². The molecule has 10 N–H and O–H groups in total. The summed E-state index contributed by atoms with van der Waals surface area (Å²) in [6.45, 7) is 2.36. The van der Waals surface area contributed by atoms with E-state index in [0.717, 1.165) is 5.92 Å². The zero-order valence-corrected chi connectivity index (χ0v) is 14.0. The number of amides is 2. The molecule has 0 radical (unpaired) electrons. The van der Waals surface area contributed by atoms with E-state index in [4.69, 9.17) is 11.5 Å². The number of nitrogens with two attached hydrogens (primary N) is 4. The first-order valence-corrected chi connectivity index (χ1v) is 8.49.